The number of carbonyl (C=O) groups excluding carboxylic acids is 1. The van der Waals surface area contributed by atoms with Crippen LogP contribution in [0.3, 0.4) is 0 Å². The fraction of sp³-hybridized carbons (Fsp3) is 0.500. The minimum Gasteiger partial charge on any atom is -0.464 e. The van der Waals surface area contributed by atoms with Crippen LogP contribution < -0.4 is 4.90 Å². The largest absolute Gasteiger partial charge is 0.464 e. The first kappa shape index (κ1) is 12.0. The number of hydrogen-bond acceptors (Lipinski definition) is 3. The normalized spacial score (nSPS) is 18.4. The van der Waals surface area contributed by atoms with Crippen molar-refractivity contribution in [3.8, 4) is 0 Å². The maximum atomic E-state index is 12.0. The van der Waals surface area contributed by atoms with Gasteiger partial charge in [0.15, 0.2) is 0 Å². The highest BCUT2D eigenvalue weighted by atomic mass is 16.5. The average molecular weight is 233 g/mol. The Morgan fingerprint density at radius 1 is 1.47 bits per heavy atom. The van der Waals surface area contributed by atoms with Crippen LogP contribution in [0.25, 0.3) is 0 Å². The lowest BCUT2D eigenvalue weighted by Crippen LogP contribution is -2.43. The molecule has 1 aliphatic heterocycles. The molecule has 0 unspecified atom stereocenters. The molecule has 0 saturated carbocycles. The molecule has 17 heavy (non-hydrogen) atoms. The number of ether oxygens (including phenoxy) is 1. The molecule has 1 aromatic carbocycles. The highest BCUT2D eigenvalue weighted by Gasteiger charge is 2.36. The van der Waals surface area contributed by atoms with E-state index in [2.05, 4.69) is 30.9 Å². The Labute approximate surface area is 102 Å². The van der Waals surface area contributed by atoms with Gasteiger partial charge in [-0.3, -0.25) is 0 Å². The van der Waals surface area contributed by atoms with Crippen molar-refractivity contribution < 1.29 is 9.53 Å². The van der Waals surface area contributed by atoms with Crippen LogP contribution >= 0.6 is 0 Å². The quantitative estimate of drug-likeness (QED) is 0.751. The molecule has 0 N–H and O–H groups in total. The fourth-order valence-corrected chi connectivity index (χ4v) is 2.48. The molecule has 92 valence electrons. The van der Waals surface area contributed by atoms with E-state index in [0.717, 1.165) is 6.42 Å². The minimum absolute atomic E-state index is 0.114. The molecule has 0 saturated heterocycles. The standard InChI is InChI=1S/C14H19NO2/c1-4-17-14(16)13-9-11-7-5-6-8-12(11)15(13)10(2)3/h5-8,10,13H,4,9H2,1-3H3/t13-/m0/s1. The van der Waals surface area contributed by atoms with Crippen molar-refractivity contribution in [2.45, 2.75) is 39.3 Å². The summed E-state index contributed by atoms with van der Waals surface area (Å²) >= 11 is 0. The second-order valence-electron chi connectivity index (χ2n) is 4.60. The zero-order valence-corrected chi connectivity index (χ0v) is 10.6. The van der Waals surface area contributed by atoms with E-state index < -0.39 is 0 Å². The number of benzene rings is 1. The molecule has 3 heteroatoms. The zero-order valence-electron chi connectivity index (χ0n) is 10.6. The maximum absolute atomic E-state index is 12.0. The van der Waals surface area contributed by atoms with Gasteiger partial charge >= 0.3 is 5.97 Å². The van der Waals surface area contributed by atoms with Crippen LogP contribution in [-0.2, 0) is 16.0 Å². The van der Waals surface area contributed by atoms with E-state index in [1.165, 1.54) is 11.3 Å². The van der Waals surface area contributed by atoms with Crippen molar-refractivity contribution in [1.29, 1.82) is 0 Å². The van der Waals surface area contributed by atoms with Crippen LogP contribution in [0.5, 0.6) is 0 Å². The highest BCUT2D eigenvalue weighted by Crippen LogP contribution is 2.34. The van der Waals surface area contributed by atoms with E-state index in [4.69, 9.17) is 4.74 Å². The Morgan fingerprint density at radius 2 is 2.18 bits per heavy atom. The van der Waals surface area contributed by atoms with E-state index in [1.807, 2.05) is 19.1 Å². The monoisotopic (exact) mass is 233 g/mol. The summed E-state index contributed by atoms with van der Waals surface area (Å²) < 4.78 is 5.16. The predicted octanol–water partition coefficient (Wildman–Crippen LogP) is 2.39. The number of rotatable bonds is 3. The fourth-order valence-electron chi connectivity index (χ4n) is 2.48. The number of fused-ring (bicyclic) bond motifs is 1. The summed E-state index contributed by atoms with van der Waals surface area (Å²) in [6.45, 7) is 6.50. The van der Waals surface area contributed by atoms with Crippen LogP contribution in [-0.4, -0.2) is 24.7 Å². The molecular weight excluding hydrogens is 214 g/mol. The third-order valence-electron chi connectivity index (χ3n) is 3.13. The number of hydrogen-bond donors (Lipinski definition) is 0. The Hall–Kier alpha value is -1.51. The van der Waals surface area contributed by atoms with Crippen molar-refractivity contribution >= 4 is 11.7 Å². The van der Waals surface area contributed by atoms with E-state index in [1.54, 1.807) is 0 Å². The third kappa shape index (κ3) is 2.14. The Balaban J connectivity index is 2.30. The molecule has 0 aliphatic carbocycles. The van der Waals surface area contributed by atoms with Crippen LogP contribution in [0.15, 0.2) is 24.3 Å². The first-order valence-electron chi connectivity index (χ1n) is 6.18. The lowest BCUT2D eigenvalue weighted by Gasteiger charge is -2.29. The smallest absolute Gasteiger partial charge is 0.329 e. The lowest BCUT2D eigenvalue weighted by molar-refractivity contribution is -0.144. The first-order valence-corrected chi connectivity index (χ1v) is 6.18. The molecule has 0 amide bonds. The van der Waals surface area contributed by atoms with Crippen molar-refractivity contribution in [3.63, 3.8) is 0 Å². The van der Waals surface area contributed by atoms with Crippen LogP contribution in [0.2, 0.25) is 0 Å². The van der Waals surface area contributed by atoms with Gasteiger partial charge in [0.1, 0.15) is 6.04 Å². The van der Waals surface area contributed by atoms with Crippen LogP contribution in [0.1, 0.15) is 26.3 Å². The van der Waals surface area contributed by atoms with E-state index >= 15 is 0 Å². The molecule has 2 rings (SSSR count). The summed E-state index contributed by atoms with van der Waals surface area (Å²) in [4.78, 5) is 14.1. The zero-order chi connectivity index (χ0) is 12.4. The van der Waals surface area contributed by atoms with Crippen molar-refractivity contribution in [3.05, 3.63) is 29.8 Å². The van der Waals surface area contributed by atoms with E-state index in [-0.39, 0.29) is 12.0 Å². The topological polar surface area (TPSA) is 29.5 Å². The molecular formula is C14H19NO2. The van der Waals surface area contributed by atoms with Gasteiger partial charge in [-0.05, 0) is 32.4 Å². The summed E-state index contributed by atoms with van der Waals surface area (Å²) in [5.41, 5.74) is 2.40. The molecule has 1 aromatic rings. The van der Waals surface area contributed by atoms with Gasteiger partial charge in [0.2, 0.25) is 0 Å². The number of carbonyl (C=O) groups is 1. The number of nitrogens with zero attached hydrogens (tertiary/aromatic N) is 1. The third-order valence-corrected chi connectivity index (χ3v) is 3.13. The van der Waals surface area contributed by atoms with Crippen molar-refractivity contribution in [2.24, 2.45) is 0 Å². The van der Waals surface area contributed by atoms with Crippen LogP contribution in [0, 0.1) is 0 Å². The number of anilines is 1. The van der Waals surface area contributed by atoms with Gasteiger partial charge in [0.05, 0.1) is 6.61 Å². The lowest BCUT2D eigenvalue weighted by atomic mass is 10.1. The molecule has 0 aromatic heterocycles. The minimum atomic E-state index is -0.160. The first-order chi connectivity index (χ1) is 8.15. The van der Waals surface area contributed by atoms with Crippen LogP contribution in [0.4, 0.5) is 5.69 Å². The van der Waals surface area contributed by atoms with Gasteiger partial charge in [-0.2, -0.15) is 0 Å². The molecule has 1 aliphatic rings. The maximum Gasteiger partial charge on any atom is 0.329 e. The van der Waals surface area contributed by atoms with Gasteiger partial charge < -0.3 is 9.64 Å². The number of esters is 1. The SMILES string of the molecule is CCOC(=O)[C@@H]1Cc2ccccc2N1C(C)C. The Bertz CT molecular complexity index is 414. The Morgan fingerprint density at radius 3 is 2.82 bits per heavy atom. The van der Waals surface area contributed by atoms with E-state index in [9.17, 15) is 4.79 Å². The molecule has 0 spiro atoms. The Kier molecular flexibility index (Phi) is 3.36. The molecule has 0 radical (unpaired) electrons. The summed E-state index contributed by atoms with van der Waals surface area (Å²) in [5.74, 6) is -0.114. The molecule has 3 nitrogen and oxygen atoms in total. The summed E-state index contributed by atoms with van der Waals surface area (Å²) in [7, 11) is 0. The van der Waals surface area contributed by atoms with Crippen molar-refractivity contribution in [1.82, 2.24) is 0 Å². The second-order valence-corrected chi connectivity index (χ2v) is 4.60. The van der Waals surface area contributed by atoms with Crippen molar-refractivity contribution in [2.75, 3.05) is 11.5 Å². The van der Waals surface area contributed by atoms with Gasteiger partial charge in [0, 0.05) is 18.2 Å². The second kappa shape index (κ2) is 4.78. The van der Waals surface area contributed by atoms with Gasteiger partial charge in [-0.15, -0.1) is 0 Å². The molecule has 1 atom stereocenters. The van der Waals surface area contributed by atoms with Gasteiger partial charge in [-0.1, -0.05) is 18.2 Å². The average Bonchev–Trinajstić information content (AvgIpc) is 2.68. The highest BCUT2D eigenvalue weighted by molar-refractivity contribution is 5.84. The summed E-state index contributed by atoms with van der Waals surface area (Å²) in [6.07, 6.45) is 0.757. The van der Waals surface area contributed by atoms with Gasteiger partial charge in [0.25, 0.3) is 0 Å². The molecule has 0 bridgehead atoms. The van der Waals surface area contributed by atoms with Gasteiger partial charge in [-0.25, -0.2) is 4.79 Å². The number of para-hydroxylation sites is 1. The molecule has 0 fully saturated rings. The summed E-state index contributed by atoms with van der Waals surface area (Å²) in [5, 5.41) is 0. The predicted molar refractivity (Wildman–Crippen MR) is 68.2 cm³/mol. The molecule has 1 heterocycles. The summed E-state index contributed by atoms with van der Waals surface area (Å²) in [6, 6.07) is 8.34. The van der Waals surface area contributed by atoms with E-state index in [0.29, 0.717) is 12.6 Å².